The highest BCUT2D eigenvalue weighted by molar-refractivity contribution is 14.0. The van der Waals surface area contributed by atoms with Crippen molar-refractivity contribution in [1.82, 2.24) is 15.6 Å². The summed E-state index contributed by atoms with van der Waals surface area (Å²) in [6.07, 6.45) is 8.47. The van der Waals surface area contributed by atoms with Crippen molar-refractivity contribution >= 4 is 35.8 Å². The number of hydrogen-bond acceptors (Lipinski definition) is 3. The SMILES string of the molecule is CCN(CC)c1ccc(CNC(=NC)NC2CCCCC2)cn1.I. The zero-order chi connectivity index (χ0) is 16.5. The summed E-state index contributed by atoms with van der Waals surface area (Å²) in [5.74, 6) is 1.94. The molecule has 0 aromatic carbocycles. The molecule has 0 saturated heterocycles. The van der Waals surface area contributed by atoms with Crippen LogP contribution in [0.1, 0.15) is 51.5 Å². The van der Waals surface area contributed by atoms with Gasteiger partial charge in [-0.2, -0.15) is 0 Å². The fourth-order valence-corrected chi connectivity index (χ4v) is 3.08. The van der Waals surface area contributed by atoms with Crippen LogP contribution in [0.5, 0.6) is 0 Å². The van der Waals surface area contributed by atoms with Gasteiger partial charge in [0, 0.05) is 38.9 Å². The van der Waals surface area contributed by atoms with E-state index >= 15 is 0 Å². The number of aliphatic imine (C=N–C) groups is 1. The molecule has 136 valence electrons. The second-order valence-corrected chi connectivity index (χ2v) is 6.10. The second kappa shape index (κ2) is 11.5. The molecule has 0 unspecified atom stereocenters. The third kappa shape index (κ3) is 6.45. The van der Waals surface area contributed by atoms with Crippen LogP contribution in [0.2, 0.25) is 0 Å². The van der Waals surface area contributed by atoms with Gasteiger partial charge in [-0.05, 0) is 38.3 Å². The third-order valence-electron chi connectivity index (χ3n) is 4.53. The first-order valence-electron chi connectivity index (χ1n) is 8.93. The first-order valence-corrected chi connectivity index (χ1v) is 8.93. The second-order valence-electron chi connectivity index (χ2n) is 6.10. The van der Waals surface area contributed by atoms with Gasteiger partial charge in [0.05, 0.1) is 0 Å². The number of halogens is 1. The molecule has 0 bridgehead atoms. The molecule has 0 atom stereocenters. The van der Waals surface area contributed by atoms with Crippen LogP contribution in [-0.4, -0.2) is 37.1 Å². The summed E-state index contributed by atoms with van der Waals surface area (Å²) in [6, 6.07) is 4.81. The molecule has 1 aromatic heterocycles. The molecular weight excluding hydrogens is 413 g/mol. The Labute approximate surface area is 163 Å². The third-order valence-corrected chi connectivity index (χ3v) is 4.53. The summed E-state index contributed by atoms with van der Waals surface area (Å²) in [6.45, 7) is 7.03. The zero-order valence-electron chi connectivity index (χ0n) is 15.2. The van der Waals surface area contributed by atoms with Gasteiger partial charge in [-0.3, -0.25) is 4.99 Å². The first kappa shape index (κ1) is 21.0. The van der Waals surface area contributed by atoms with Gasteiger partial charge in [0.1, 0.15) is 5.82 Å². The maximum absolute atomic E-state index is 4.57. The monoisotopic (exact) mass is 445 g/mol. The largest absolute Gasteiger partial charge is 0.357 e. The van der Waals surface area contributed by atoms with Crippen LogP contribution in [0.15, 0.2) is 23.3 Å². The smallest absolute Gasteiger partial charge is 0.191 e. The van der Waals surface area contributed by atoms with E-state index in [2.05, 4.69) is 51.5 Å². The predicted octanol–water partition coefficient (Wildman–Crippen LogP) is 3.54. The summed E-state index contributed by atoms with van der Waals surface area (Å²) >= 11 is 0. The molecule has 6 heteroatoms. The van der Waals surface area contributed by atoms with Crippen LogP contribution in [0.25, 0.3) is 0 Å². The van der Waals surface area contributed by atoms with Gasteiger partial charge in [-0.25, -0.2) is 4.98 Å². The predicted molar refractivity (Wildman–Crippen MR) is 113 cm³/mol. The number of rotatable bonds is 6. The van der Waals surface area contributed by atoms with Crippen molar-refractivity contribution in [2.24, 2.45) is 4.99 Å². The molecule has 1 saturated carbocycles. The van der Waals surface area contributed by atoms with E-state index in [1.807, 2.05) is 13.2 Å². The van der Waals surface area contributed by atoms with E-state index in [0.29, 0.717) is 6.04 Å². The fraction of sp³-hybridized carbons (Fsp3) is 0.667. The maximum Gasteiger partial charge on any atom is 0.191 e. The Bertz CT molecular complexity index is 479. The van der Waals surface area contributed by atoms with E-state index in [1.165, 1.54) is 37.7 Å². The van der Waals surface area contributed by atoms with Crippen LogP contribution in [0.3, 0.4) is 0 Å². The Morgan fingerprint density at radius 3 is 2.46 bits per heavy atom. The number of nitrogens with one attached hydrogen (secondary N) is 2. The van der Waals surface area contributed by atoms with Crippen LogP contribution in [-0.2, 0) is 6.54 Å². The fourth-order valence-electron chi connectivity index (χ4n) is 3.08. The van der Waals surface area contributed by atoms with Gasteiger partial charge in [0.15, 0.2) is 5.96 Å². The average molecular weight is 445 g/mol. The average Bonchev–Trinajstić information content (AvgIpc) is 2.61. The van der Waals surface area contributed by atoms with Gasteiger partial charge in [-0.1, -0.05) is 25.3 Å². The molecule has 24 heavy (non-hydrogen) atoms. The molecule has 1 aliphatic rings. The lowest BCUT2D eigenvalue weighted by Gasteiger charge is -2.25. The Morgan fingerprint density at radius 1 is 1.21 bits per heavy atom. The highest BCUT2D eigenvalue weighted by Gasteiger charge is 2.14. The summed E-state index contributed by atoms with van der Waals surface area (Å²) in [4.78, 5) is 11.2. The summed E-state index contributed by atoms with van der Waals surface area (Å²) in [5, 5.41) is 6.93. The minimum Gasteiger partial charge on any atom is -0.357 e. The number of anilines is 1. The van der Waals surface area contributed by atoms with E-state index in [9.17, 15) is 0 Å². The molecule has 1 heterocycles. The van der Waals surface area contributed by atoms with Crippen molar-refractivity contribution in [2.75, 3.05) is 25.0 Å². The minimum atomic E-state index is 0. The lowest BCUT2D eigenvalue weighted by atomic mass is 9.96. The number of guanidine groups is 1. The number of pyridine rings is 1. The molecule has 1 aromatic rings. The molecule has 2 N–H and O–H groups in total. The highest BCUT2D eigenvalue weighted by Crippen LogP contribution is 2.17. The lowest BCUT2D eigenvalue weighted by molar-refractivity contribution is 0.410. The van der Waals surface area contributed by atoms with Gasteiger partial charge >= 0.3 is 0 Å². The molecule has 0 amide bonds. The molecule has 1 fully saturated rings. The van der Waals surface area contributed by atoms with E-state index in [4.69, 9.17) is 0 Å². The van der Waals surface area contributed by atoms with Crippen molar-refractivity contribution < 1.29 is 0 Å². The number of aromatic nitrogens is 1. The van der Waals surface area contributed by atoms with Gasteiger partial charge in [0.2, 0.25) is 0 Å². The van der Waals surface area contributed by atoms with Crippen molar-refractivity contribution in [3.8, 4) is 0 Å². The first-order chi connectivity index (χ1) is 11.3. The normalized spacial score (nSPS) is 15.5. The van der Waals surface area contributed by atoms with E-state index < -0.39 is 0 Å². The van der Waals surface area contributed by atoms with E-state index in [-0.39, 0.29) is 24.0 Å². The van der Waals surface area contributed by atoms with Crippen molar-refractivity contribution in [1.29, 1.82) is 0 Å². The van der Waals surface area contributed by atoms with Crippen molar-refractivity contribution in [3.05, 3.63) is 23.9 Å². The number of hydrogen-bond donors (Lipinski definition) is 2. The molecule has 1 aliphatic carbocycles. The van der Waals surface area contributed by atoms with Crippen LogP contribution in [0.4, 0.5) is 5.82 Å². The summed E-state index contributed by atoms with van der Waals surface area (Å²) in [5.41, 5.74) is 1.17. The standard InChI is InChI=1S/C18H31N5.HI/c1-4-23(5-2)17-12-11-15(13-20-17)14-21-18(19-3)22-16-9-7-6-8-10-16;/h11-13,16H,4-10,14H2,1-3H3,(H2,19,21,22);1H. The lowest BCUT2D eigenvalue weighted by Crippen LogP contribution is -2.43. The zero-order valence-corrected chi connectivity index (χ0v) is 17.5. The molecule has 0 spiro atoms. The quantitative estimate of drug-likeness (QED) is 0.400. The van der Waals surface area contributed by atoms with Gasteiger partial charge in [0.25, 0.3) is 0 Å². The minimum absolute atomic E-state index is 0. The van der Waals surface area contributed by atoms with Gasteiger partial charge in [-0.15, -0.1) is 24.0 Å². The van der Waals surface area contributed by atoms with Crippen molar-refractivity contribution in [3.63, 3.8) is 0 Å². The summed E-state index contributed by atoms with van der Waals surface area (Å²) in [7, 11) is 1.83. The Balaban J connectivity index is 0.00000288. The summed E-state index contributed by atoms with van der Waals surface area (Å²) < 4.78 is 0. The Hall–Kier alpha value is -1.05. The molecular formula is C18H32IN5. The van der Waals surface area contributed by atoms with Crippen molar-refractivity contribution in [2.45, 2.75) is 58.5 Å². The van der Waals surface area contributed by atoms with Crippen LogP contribution >= 0.6 is 24.0 Å². The Kier molecular flexibility index (Phi) is 10.1. The van der Waals surface area contributed by atoms with Crippen LogP contribution in [0, 0.1) is 0 Å². The van der Waals surface area contributed by atoms with E-state index in [1.54, 1.807) is 0 Å². The molecule has 5 nitrogen and oxygen atoms in total. The van der Waals surface area contributed by atoms with Gasteiger partial charge < -0.3 is 15.5 Å². The molecule has 0 radical (unpaired) electrons. The topological polar surface area (TPSA) is 52.5 Å². The number of nitrogens with zero attached hydrogens (tertiary/aromatic N) is 3. The Morgan fingerprint density at radius 2 is 1.92 bits per heavy atom. The highest BCUT2D eigenvalue weighted by atomic mass is 127. The molecule has 2 rings (SSSR count). The molecule has 0 aliphatic heterocycles. The maximum atomic E-state index is 4.57. The van der Waals surface area contributed by atoms with Crippen LogP contribution < -0.4 is 15.5 Å². The van der Waals surface area contributed by atoms with E-state index in [0.717, 1.165) is 31.4 Å².